The Kier molecular flexibility index (Phi) is 75.1. The molecule has 9 nitrogen and oxygen atoms in total. The summed E-state index contributed by atoms with van der Waals surface area (Å²) in [6.45, 7) is 3.92. The largest absolute Gasteiger partial charge is 0.394 e. The number of ether oxygens (including phenoxy) is 2. The van der Waals surface area contributed by atoms with Crippen molar-refractivity contribution in [2.75, 3.05) is 13.2 Å². The summed E-state index contributed by atoms with van der Waals surface area (Å²) in [5.41, 5.74) is 0. The molecule has 1 fully saturated rings. The van der Waals surface area contributed by atoms with Crippen molar-refractivity contribution in [3.05, 3.63) is 12.2 Å². The van der Waals surface area contributed by atoms with Crippen molar-refractivity contribution in [2.45, 2.75) is 532 Å². The quantitative estimate of drug-likeness (QED) is 0.0261. The number of hydrogen-bond acceptors (Lipinski definition) is 8. The minimum Gasteiger partial charge on any atom is -0.394 e. The highest BCUT2D eigenvalue weighted by Crippen LogP contribution is 2.25. The van der Waals surface area contributed by atoms with Gasteiger partial charge in [0.2, 0.25) is 5.91 Å². The van der Waals surface area contributed by atoms with E-state index < -0.39 is 49.5 Å². The zero-order valence-corrected chi connectivity index (χ0v) is 65.4. The molecule has 0 saturated carbocycles. The van der Waals surface area contributed by atoms with E-state index in [4.69, 9.17) is 9.47 Å². The fourth-order valence-corrected chi connectivity index (χ4v) is 15.0. The third-order valence-electron chi connectivity index (χ3n) is 21.9. The predicted octanol–water partition coefficient (Wildman–Crippen LogP) is 26.1. The van der Waals surface area contributed by atoms with Gasteiger partial charge in [-0.15, -0.1) is 0 Å². The Bertz CT molecular complexity index is 1550. The Balaban J connectivity index is 1.99. The number of nitrogens with one attached hydrogen (secondary N) is 1. The van der Waals surface area contributed by atoms with Gasteiger partial charge in [0.1, 0.15) is 24.4 Å². The maximum Gasteiger partial charge on any atom is 0.220 e. The van der Waals surface area contributed by atoms with Crippen LogP contribution in [-0.4, -0.2) is 87.5 Å². The molecule has 1 aliphatic heterocycles. The number of aliphatic hydroxyl groups excluding tert-OH is 5. The summed E-state index contributed by atoms with van der Waals surface area (Å²) in [6.07, 6.45) is 96.6. The molecule has 578 valence electrons. The minimum absolute atomic E-state index is 0.131. The smallest absolute Gasteiger partial charge is 0.220 e. The number of unbranched alkanes of at least 4 members (excludes halogenated alkanes) is 69. The molecule has 0 bridgehead atoms. The minimum atomic E-state index is -1.55. The first-order valence-electron chi connectivity index (χ1n) is 44.4. The van der Waals surface area contributed by atoms with Crippen molar-refractivity contribution in [2.24, 2.45) is 0 Å². The molecule has 7 unspecified atom stereocenters. The van der Waals surface area contributed by atoms with E-state index >= 15 is 0 Å². The van der Waals surface area contributed by atoms with Crippen LogP contribution in [0.1, 0.15) is 489 Å². The highest BCUT2D eigenvalue weighted by molar-refractivity contribution is 5.76. The summed E-state index contributed by atoms with van der Waals surface area (Å²) in [5, 5.41) is 55.2. The third kappa shape index (κ3) is 65.4. The second-order valence-electron chi connectivity index (χ2n) is 31.4. The number of rotatable bonds is 81. The zero-order valence-electron chi connectivity index (χ0n) is 65.4. The molecular formula is C88H173NO8. The Morgan fingerprint density at radius 2 is 0.577 bits per heavy atom. The molecule has 6 N–H and O–H groups in total. The molecule has 0 aromatic carbocycles. The van der Waals surface area contributed by atoms with E-state index in [1.165, 1.54) is 424 Å². The van der Waals surface area contributed by atoms with Gasteiger partial charge in [-0.1, -0.05) is 456 Å². The van der Waals surface area contributed by atoms with Gasteiger partial charge in [-0.3, -0.25) is 4.79 Å². The van der Waals surface area contributed by atoms with Gasteiger partial charge < -0.3 is 40.3 Å². The van der Waals surface area contributed by atoms with Gasteiger partial charge in [0, 0.05) is 6.42 Å². The van der Waals surface area contributed by atoms with Crippen LogP contribution in [0.4, 0.5) is 0 Å². The lowest BCUT2D eigenvalue weighted by molar-refractivity contribution is -0.302. The molecule has 7 atom stereocenters. The topological polar surface area (TPSA) is 149 Å². The number of allylic oxidation sites excluding steroid dienone is 2. The molecule has 0 spiro atoms. The Labute approximate surface area is 605 Å². The van der Waals surface area contributed by atoms with Crippen LogP contribution in [0.3, 0.4) is 0 Å². The fraction of sp³-hybridized carbons (Fsp3) is 0.966. The SMILES string of the molecule is CCCCCCCCCC/C=C\CCCCCCCCCCCCCCCCCCCCCCCCCCCCCCCC(=O)NC(COC1OC(CO)C(O)C(O)C1O)C(O)CCCCCCCCCCCCCCCCCCCCCCCCCCCCCCCCCCC. The van der Waals surface area contributed by atoms with Crippen molar-refractivity contribution < 1.29 is 39.8 Å². The van der Waals surface area contributed by atoms with Crippen LogP contribution in [0.2, 0.25) is 0 Å². The summed E-state index contributed by atoms with van der Waals surface area (Å²) in [5.74, 6) is -0.131. The monoisotopic (exact) mass is 1370 g/mol. The van der Waals surface area contributed by atoms with Crippen LogP contribution in [-0.2, 0) is 14.3 Å². The number of carbonyl (C=O) groups is 1. The van der Waals surface area contributed by atoms with Crippen molar-refractivity contribution in [3.8, 4) is 0 Å². The molecule has 1 heterocycles. The normalized spacial score (nSPS) is 17.3. The lowest BCUT2D eigenvalue weighted by Crippen LogP contribution is -2.60. The number of hydrogen-bond donors (Lipinski definition) is 6. The molecule has 1 rings (SSSR count). The second-order valence-corrected chi connectivity index (χ2v) is 31.4. The standard InChI is InChI=1S/C88H173NO8/c1-3-5-7-9-11-13-15-17-19-21-23-25-27-29-31-33-35-37-38-39-40-41-42-43-44-46-48-50-52-54-56-58-60-62-64-66-68-70-72-74-76-78-84(92)89-81(80-96-88-87(95)86(94)85(93)83(79-90)97-88)82(91)77-75-73-71-69-67-65-63-61-59-57-55-53-51-49-47-45-36-34-32-30-28-26-24-22-20-18-16-14-12-10-8-6-4-2/h21,23,81-83,85-88,90-91,93-95H,3-20,22,24-80H2,1-2H3,(H,89,92)/b23-21-. The molecule has 0 aromatic heterocycles. The van der Waals surface area contributed by atoms with Gasteiger partial charge in [-0.2, -0.15) is 0 Å². The van der Waals surface area contributed by atoms with Gasteiger partial charge >= 0.3 is 0 Å². The van der Waals surface area contributed by atoms with E-state index in [9.17, 15) is 30.3 Å². The fourth-order valence-electron chi connectivity index (χ4n) is 15.0. The van der Waals surface area contributed by atoms with Crippen molar-refractivity contribution in [3.63, 3.8) is 0 Å². The number of amides is 1. The summed E-state index contributed by atoms with van der Waals surface area (Å²) in [6, 6.07) is -0.718. The molecular weight excluding hydrogens is 1200 g/mol. The van der Waals surface area contributed by atoms with Gasteiger partial charge in [0.25, 0.3) is 0 Å². The molecule has 1 aliphatic rings. The molecule has 1 amide bonds. The van der Waals surface area contributed by atoms with E-state index in [-0.39, 0.29) is 12.5 Å². The van der Waals surface area contributed by atoms with Gasteiger partial charge in [-0.25, -0.2) is 0 Å². The zero-order chi connectivity index (χ0) is 69.9. The van der Waals surface area contributed by atoms with Gasteiger partial charge in [0.05, 0.1) is 25.4 Å². The highest BCUT2D eigenvalue weighted by Gasteiger charge is 2.44. The van der Waals surface area contributed by atoms with E-state index in [1.807, 2.05) is 0 Å². The average molecular weight is 1370 g/mol. The Morgan fingerprint density at radius 1 is 0.340 bits per heavy atom. The molecule has 97 heavy (non-hydrogen) atoms. The van der Waals surface area contributed by atoms with Crippen molar-refractivity contribution >= 4 is 5.91 Å². The first-order valence-corrected chi connectivity index (χ1v) is 44.4. The van der Waals surface area contributed by atoms with Crippen LogP contribution >= 0.6 is 0 Å². The summed E-state index contributed by atoms with van der Waals surface area (Å²) in [4.78, 5) is 13.2. The van der Waals surface area contributed by atoms with E-state index in [2.05, 4.69) is 31.3 Å². The average Bonchev–Trinajstić information content (AvgIpc) is 0.854. The first kappa shape index (κ1) is 93.9. The molecule has 1 saturated heterocycles. The predicted molar refractivity (Wildman–Crippen MR) is 420 cm³/mol. The number of carbonyl (C=O) groups excluding carboxylic acids is 1. The second kappa shape index (κ2) is 77.5. The lowest BCUT2D eigenvalue weighted by Gasteiger charge is -2.40. The summed E-state index contributed by atoms with van der Waals surface area (Å²) in [7, 11) is 0. The molecule has 9 heteroatoms. The van der Waals surface area contributed by atoms with E-state index in [0.717, 1.165) is 38.5 Å². The van der Waals surface area contributed by atoms with E-state index in [1.54, 1.807) is 0 Å². The highest BCUT2D eigenvalue weighted by atomic mass is 16.7. The van der Waals surface area contributed by atoms with Crippen LogP contribution in [0.15, 0.2) is 12.2 Å². The van der Waals surface area contributed by atoms with Crippen LogP contribution in [0, 0.1) is 0 Å². The van der Waals surface area contributed by atoms with E-state index in [0.29, 0.717) is 12.8 Å². The van der Waals surface area contributed by atoms with Gasteiger partial charge in [0.15, 0.2) is 6.29 Å². The van der Waals surface area contributed by atoms with Crippen LogP contribution in [0.5, 0.6) is 0 Å². The van der Waals surface area contributed by atoms with Gasteiger partial charge in [-0.05, 0) is 38.5 Å². The van der Waals surface area contributed by atoms with Crippen LogP contribution < -0.4 is 5.32 Å². The Hall–Kier alpha value is -1.07. The lowest BCUT2D eigenvalue weighted by atomic mass is 9.99. The third-order valence-corrected chi connectivity index (χ3v) is 21.9. The Morgan fingerprint density at radius 3 is 0.835 bits per heavy atom. The number of aliphatic hydroxyl groups is 5. The summed E-state index contributed by atoms with van der Waals surface area (Å²) < 4.78 is 11.4. The van der Waals surface area contributed by atoms with Crippen molar-refractivity contribution in [1.29, 1.82) is 0 Å². The maximum absolute atomic E-state index is 13.2. The first-order chi connectivity index (χ1) is 47.8. The summed E-state index contributed by atoms with van der Waals surface area (Å²) >= 11 is 0. The van der Waals surface area contributed by atoms with Crippen molar-refractivity contribution in [1.82, 2.24) is 5.32 Å². The molecule has 0 aliphatic carbocycles. The molecule has 0 aromatic rings. The van der Waals surface area contributed by atoms with Crippen LogP contribution in [0.25, 0.3) is 0 Å². The maximum atomic E-state index is 13.2. The molecule has 0 radical (unpaired) electrons.